The monoisotopic (exact) mass is 234 g/mol. The Morgan fingerprint density at radius 1 is 1.29 bits per heavy atom. The maximum atomic E-state index is 4.41. The lowest BCUT2D eigenvalue weighted by Gasteiger charge is -2.40. The molecular formula is C13H22N4. The molecule has 4 heteroatoms. The van der Waals surface area contributed by atoms with E-state index in [1.807, 2.05) is 7.05 Å². The predicted molar refractivity (Wildman–Crippen MR) is 71.5 cm³/mol. The molecule has 0 saturated heterocycles. The van der Waals surface area contributed by atoms with Gasteiger partial charge in [0.1, 0.15) is 18.0 Å². The van der Waals surface area contributed by atoms with Crippen LogP contribution in [0.5, 0.6) is 0 Å². The third-order valence-electron chi connectivity index (χ3n) is 3.56. The quantitative estimate of drug-likeness (QED) is 0.822. The Kier molecular flexibility index (Phi) is 3.50. The van der Waals surface area contributed by atoms with Crippen LogP contribution < -0.4 is 10.6 Å². The molecule has 1 fully saturated rings. The van der Waals surface area contributed by atoms with Crippen LogP contribution in [0.3, 0.4) is 0 Å². The first kappa shape index (κ1) is 12.1. The van der Waals surface area contributed by atoms with Crippen molar-refractivity contribution in [2.45, 2.75) is 51.5 Å². The van der Waals surface area contributed by atoms with Gasteiger partial charge in [-0.3, -0.25) is 0 Å². The molecule has 0 radical (unpaired) electrons. The summed E-state index contributed by atoms with van der Waals surface area (Å²) in [5.41, 5.74) is 1.45. The Morgan fingerprint density at radius 2 is 2.00 bits per heavy atom. The highest BCUT2D eigenvalue weighted by atomic mass is 15.1. The molecule has 0 spiro atoms. The van der Waals surface area contributed by atoms with Crippen LogP contribution in [0.15, 0.2) is 6.33 Å². The lowest BCUT2D eigenvalue weighted by Crippen LogP contribution is -2.42. The maximum Gasteiger partial charge on any atom is 0.135 e. The molecule has 17 heavy (non-hydrogen) atoms. The zero-order chi connectivity index (χ0) is 12.3. The van der Waals surface area contributed by atoms with E-state index in [0.29, 0.717) is 0 Å². The number of hydrogen-bond acceptors (Lipinski definition) is 4. The molecule has 1 aliphatic rings. The first-order valence-corrected chi connectivity index (χ1v) is 6.48. The minimum absolute atomic E-state index is 0.238. The molecule has 4 nitrogen and oxygen atoms in total. The molecule has 1 saturated carbocycles. The second-order valence-corrected chi connectivity index (χ2v) is 5.09. The Labute approximate surface area is 103 Å². The standard InChI is InChI=1S/C13H22N4/c1-4-6-10-11(14-3)15-9-16-12(10)17-13(2)7-5-8-13/h9H,4-8H2,1-3H3,(H2,14,15,16,17). The molecular weight excluding hydrogens is 212 g/mol. The van der Waals surface area contributed by atoms with Crippen molar-refractivity contribution in [2.75, 3.05) is 17.7 Å². The van der Waals surface area contributed by atoms with Gasteiger partial charge in [-0.15, -0.1) is 0 Å². The summed E-state index contributed by atoms with van der Waals surface area (Å²) >= 11 is 0. The van der Waals surface area contributed by atoms with Crippen LogP contribution >= 0.6 is 0 Å². The van der Waals surface area contributed by atoms with Gasteiger partial charge in [-0.05, 0) is 32.6 Å². The number of rotatable bonds is 5. The molecule has 1 heterocycles. The number of nitrogens with one attached hydrogen (secondary N) is 2. The molecule has 0 aliphatic heterocycles. The van der Waals surface area contributed by atoms with E-state index in [-0.39, 0.29) is 5.54 Å². The minimum Gasteiger partial charge on any atom is -0.373 e. The van der Waals surface area contributed by atoms with Gasteiger partial charge < -0.3 is 10.6 Å². The van der Waals surface area contributed by atoms with Crippen molar-refractivity contribution < 1.29 is 0 Å². The van der Waals surface area contributed by atoms with Gasteiger partial charge in [0.05, 0.1) is 0 Å². The summed E-state index contributed by atoms with van der Waals surface area (Å²) in [6, 6.07) is 0. The van der Waals surface area contributed by atoms with Gasteiger partial charge in [-0.1, -0.05) is 13.3 Å². The van der Waals surface area contributed by atoms with Crippen molar-refractivity contribution in [3.05, 3.63) is 11.9 Å². The van der Waals surface area contributed by atoms with Gasteiger partial charge in [0.2, 0.25) is 0 Å². The number of hydrogen-bond donors (Lipinski definition) is 2. The van der Waals surface area contributed by atoms with Crippen molar-refractivity contribution in [3.8, 4) is 0 Å². The zero-order valence-electron chi connectivity index (χ0n) is 11.0. The van der Waals surface area contributed by atoms with Crippen LogP contribution in [-0.2, 0) is 6.42 Å². The van der Waals surface area contributed by atoms with Gasteiger partial charge in [0.15, 0.2) is 0 Å². The summed E-state index contributed by atoms with van der Waals surface area (Å²) in [7, 11) is 1.91. The lowest BCUT2D eigenvalue weighted by molar-refractivity contribution is 0.305. The third-order valence-corrected chi connectivity index (χ3v) is 3.56. The summed E-state index contributed by atoms with van der Waals surface area (Å²) in [6.07, 6.45) is 7.53. The Morgan fingerprint density at radius 3 is 2.53 bits per heavy atom. The fraction of sp³-hybridized carbons (Fsp3) is 0.692. The molecule has 2 rings (SSSR count). The van der Waals surface area contributed by atoms with Crippen LogP contribution in [0, 0.1) is 0 Å². The number of anilines is 2. The molecule has 1 aliphatic carbocycles. The first-order valence-electron chi connectivity index (χ1n) is 6.48. The van der Waals surface area contributed by atoms with Gasteiger partial charge in [0, 0.05) is 18.2 Å². The predicted octanol–water partition coefficient (Wildman–Crippen LogP) is 2.83. The molecule has 0 unspecified atom stereocenters. The van der Waals surface area contributed by atoms with Gasteiger partial charge in [-0.2, -0.15) is 0 Å². The van der Waals surface area contributed by atoms with Crippen molar-refractivity contribution >= 4 is 11.6 Å². The Bertz CT molecular complexity index is 385. The first-order chi connectivity index (χ1) is 8.18. The average Bonchev–Trinajstić information content (AvgIpc) is 2.29. The van der Waals surface area contributed by atoms with E-state index in [4.69, 9.17) is 0 Å². The maximum absolute atomic E-state index is 4.41. The van der Waals surface area contributed by atoms with Crippen molar-refractivity contribution in [1.82, 2.24) is 9.97 Å². The van der Waals surface area contributed by atoms with Crippen LogP contribution in [0.1, 0.15) is 45.1 Å². The summed E-state index contributed by atoms with van der Waals surface area (Å²) < 4.78 is 0. The van der Waals surface area contributed by atoms with Crippen molar-refractivity contribution in [2.24, 2.45) is 0 Å². The second-order valence-electron chi connectivity index (χ2n) is 5.09. The van der Waals surface area contributed by atoms with E-state index in [0.717, 1.165) is 24.5 Å². The fourth-order valence-electron chi connectivity index (χ4n) is 2.34. The largest absolute Gasteiger partial charge is 0.373 e. The van der Waals surface area contributed by atoms with Gasteiger partial charge in [0.25, 0.3) is 0 Å². The molecule has 0 aromatic carbocycles. The highest BCUT2D eigenvalue weighted by molar-refractivity contribution is 5.58. The number of nitrogens with zero attached hydrogens (tertiary/aromatic N) is 2. The molecule has 1 aromatic heterocycles. The van der Waals surface area contributed by atoms with Crippen molar-refractivity contribution in [3.63, 3.8) is 0 Å². The van der Waals surface area contributed by atoms with E-state index < -0.39 is 0 Å². The van der Waals surface area contributed by atoms with Crippen LogP contribution in [-0.4, -0.2) is 22.6 Å². The van der Waals surface area contributed by atoms with E-state index in [1.165, 1.54) is 24.8 Å². The third kappa shape index (κ3) is 2.51. The SMILES string of the molecule is CCCc1c(NC)ncnc1NC1(C)CCC1. The Balaban J connectivity index is 2.25. The molecule has 1 aromatic rings. The second kappa shape index (κ2) is 4.90. The topological polar surface area (TPSA) is 49.8 Å². The molecule has 0 bridgehead atoms. The van der Waals surface area contributed by atoms with Crippen LogP contribution in [0.2, 0.25) is 0 Å². The lowest BCUT2D eigenvalue weighted by atomic mass is 9.78. The van der Waals surface area contributed by atoms with E-state index in [2.05, 4.69) is 34.4 Å². The summed E-state index contributed by atoms with van der Waals surface area (Å²) in [5, 5.41) is 6.74. The van der Waals surface area contributed by atoms with Crippen molar-refractivity contribution in [1.29, 1.82) is 0 Å². The van der Waals surface area contributed by atoms with Crippen LogP contribution in [0.4, 0.5) is 11.6 Å². The highest BCUT2D eigenvalue weighted by Crippen LogP contribution is 2.35. The Hall–Kier alpha value is -1.32. The van der Waals surface area contributed by atoms with Crippen LogP contribution in [0.25, 0.3) is 0 Å². The summed E-state index contributed by atoms with van der Waals surface area (Å²) in [5.74, 6) is 1.96. The number of aromatic nitrogens is 2. The summed E-state index contributed by atoms with van der Waals surface area (Å²) in [4.78, 5) is 8.70. The molecule has 2 N–H and O–H groups in total. The van der Waals surface area contributed by atoms with Gasteiger partial charge >= 0.3 is 0 Å². The molecule has 94 valence electrons. The molecule has 0 atom stereocenters. The minimum atomic E-state index is 0.238. The van der Waals surface area contributed by atoms with E-state index >= 15 is 0 Å². The van der Waals surface area contributed by atoms with E-state index in [9.17, 15) is 0 Å². The highest BCUT2D eigenvalue weighted by Gasteiger charge is 2.32. The van der Waals surface area contributed by atoms with Gasteiger partial charge in [-0.25, -0.2) is 9.97 Å². The smallest absolute Gasteiger partial charge is 0.135 e. The molecule has 0 amide bonds. The van der Waals surface area contributed by atoms with E-state index in [1.54, 1.807) is 6.33 Å². The summed E-state index contributed by atoms with van der Waals surface area (Å²) in [6.45, 7) is 4.45. The normalized spacial score (nSPS) is 17.4. The fourth-order valence-corrected chi connectivity index (χ4v) is 2.34. The average molecular weight is 234 g/mol. The zero-order valence-corrected chi connectivity index (χ0v) is 11.0.